The second-order valence-electron chi connectivity index (χ2n) is 5.18. The van der Waals surface area contributed by atoms with E-state index in [0.717, 1.165) is 38.2 Å². The van der Waals surface area contributed by atoms with Gasteiger partial charge in [0, 0.05) is 23.6 Å². The highest BCUT2D eigenvalue weighted by molar-refractivity contribution is 6.31. The molecule has 20 heavy (non-hydrogen) atoms. The summed E-state index contributed by atoms with van der Waals surface area (Å²) in [5, 5.41) is 15.8. The monoisotopic (exact) mass is 294 g/mol. The molecular formula is C13H15ClN4O2. The zero-order chi connectivity index (χ0) is 14.1. The maximum Gasteiger partial charge on any atom is 0.294 e. The van der Waals surface area contributed by atoms with Crippen molar-refractivity contribution in [2.24, 2.45) is 11.0 Å². The van der Waals surface area contributed by atoms with Crippen molar-refractivity contribution in [3.8, 4) is 0 Å². The molecule has 1 aromatic rings. The van der Waals surface area contributed by atoms with Crippen molar-refractivity contribution in [2.75, 3.05) is 25.1 Å². The summed E-state index contributed by atoms with van der Waals surface area (Å²) < 4.78 is 0. The van der Waals surface area contributed by atoms with Crippen molar-refractivity contribution in [1.82, 2.24) is 4.90 Å². The van der Waals surface area contributed by atoms with Gasteiger partial charge in [0.1, 0.15) is 5.69 Å². The van der Waals surface area contributed by atoms with Crippen LogP contribution in [0, 0.1) is 16.0 Å². The van der Waals surface area contributed by atoms with Gasteiger partial charge in [-0.15, -0.1) is 0 Å². The van der Waals surface area contributed by atoms with E-state index in [0.29, 0.717) is 16.6 Å². The first kappa shape index (κ1) is 13.3. The number of nitrogens with one attached hydrogen (secondary N) is 1. The Morgan fingerprint density at radius 3 is 2.75 bits per heavy atom. The van der Waals surface area contributed by atoms with Crippen LogP contribution in [0.1, 0.15) is 12.8 Å². The summed E-state index contributed by atoms with van der Waals surface area (Å²) in [6.45, 7) is 3.11. The maximum absolute atomic E-state index is 11.0. The normalized spacial score (nSPS) is 26.8. The third-order valence-corrected chi connectivity index (χ3v) is 4.15. The minimum absolute atomic E-state index is 0.0139. The number of fused-ring (bicyclic) bond motifs is 3. The van der Waals surface area contributed by atoms with Crippen molar-refractivity contribution >= 4 is 28.7 Å². The highest BCUT2D eigenvalue weighted by atomic mass is 35.5. The Labute approximate surface area is 121 Å². The number of hydrogen-bond donors (Lipinski definition) is 1. The standard InChI is InChI=1S/C13H15ClN4O2/c14-10-1-2-13(18(19)20)11(7-10)15-16-12-8-17-5-3-9(12)4-6-17/h1-2,7,9,15H,3-6,8H2/b16-12-. The summed E-state index contributed by atoms with van der Waals surface area (Å²) in [6.07, 6.45) is 2.25. The van der Waals surface area contributed by atoms with Crippen molar-refractivity contribution < 1.29 is 4.92 Å². The lowest BCUT2D eigenvalue weighted by molar-refractivity contribution is -0.384. The number of anilines is 1. The lowest BCUT2D eigenvalue weighted by atomic mass is 9.87. The molecule has 4 rings (SSSR count). The second kappa shape index (κ2) is 5.38. The number of hydrazone groups is 1. The molecule has 106 valence electrons. The van der Waals surface area contributed by atoms with Crippen LogP contribution >= 0.6 is 11.6 Å². The first-order valence-electron chi connectivity index (χ1n) is 6.62. The fourth-order valence-electron chi connectivity index (χ4n) is 2.80. The Bertz CT molecular complexity index is 567. The van der Waals surface area contributed by atoms with E-state index in [1.165, 1.54) is 18.2 Å². The van der Waals surface area contributed by atoms with Gasteiger partial charge in [0.15, 0.2) is 0 Å². The van der Waals surface area contributed by atoms with Gasteiger partial charge >= 0.3 is 0 Å². The molecule has 0 spiro atoms. The molecule has 3 heterocycles. The summed E-state index contributed by atoms with van der Waals surface area (Å²) >= 11 is 5.89. The van der Waals surface area contributed by atoms with Crippen molar-refractivity contribution in [1.29, 1.82) is 0 Å². The van der Waals surface area contributed by atoms with Gasteiger partial charge in [-0.3, -0.25) is 20.4 Å². The molecule has 6 nitrogen and oxygen atoms in total. The minimum Gasteiger partial charge on any atom is -0.298 e. The summed E-state index contributed by atoms with van der Waals surface area (Å²) in [5.41, 5.74) is 4.23. The van der Waals surface area contributed by atoms with Crippen molar-refractivity contribution in [3.05, 3.63) is 33.3 Å². The maximum atomic E-state index is 11.0. The zero-order valence-electron chi connectivity index (χ0n) is 10.9. The molecule has 0 radical (unpaired) electrons. The lowest BCUT2D eigenvalue weighted by Gasteiger charge is -2.39. The van der Waals surface area contributed by atoms with E-state index in [1.54, 1.807) is 0 Å². The second-order valence-corrected chi connectivity index (χ2v) is 5.62. The number of hydrogen-bond acceptors (Lipinski definition) is 5. The van der Waals surface area contributed by atoms with Gasteiger partial charge in [0.25, 0.3) is 5.69 Å². The molecule has 1 aromatic carbocycles. The molecule has 2 bridgehead atoms. The van der Waals surface area contributed by atoms with E-state index in [-0.39, 0.29) is 5.69 Å². The smallest absolute Gasteiger partial charge is 0.294 e. The molecule has 0 atom stereocenters. The quantitative estimate of drug-likeness (QED) is 0.687. The van der Waals surface area contributed by atoms with Crippen LogP contribution < -0.4 is 5.43 Å². The number of benzene rings is 1. The van der Waals surface area contributed by atoms with Crippen LogP contribution in [-0.2, 0) is 0 Å². The summed E-state index contributed by atoms with van der Waals surface area (Å²) in [5.74, 6) is 0.505. The Morgan fingerprint density at radius 2 is 2.15 bits per heavy atom. The Balaban J connectivity index is 1.81. The topological polar surface area (TPSA) is 70.8 Å². The Morgan fingerprint density at radius 1 is 1.40 bits per heavy atom. The SMILES string of the molecule is O=[N+]([O-])c1ccc(Cl)cc1N/N=C1/CN2CCC1CC2. The molecule has 0 amide bonds. The number of halogens is 1. The van der Waals surface area contributed by atoms with E-state index >= 15 is 0 Å². The molecular weight excluding hydrogens is 280 g/mol. The molecule has 3 aliphatic rings. The van der Waals surface area contributed by atoms with Crippen LogP contribution in [-0.4, -0.2) is 35.2 Å². The Hall–Kier alpha value is -1.66. The van der Waals surface area contributed by atoms with Crippen LogP contribution in [0.25, 0.3) is 0 Å². The van der Waals surface area contributed by atoms with Gasteiger partial charge in [-0.1, -0.05) is 11.6 Å². The van der Waals surface area contributed by atoms with Gasteiger partial charge in [0.2, 0.25) is 0 Å². The van der Waals surface area contributed by atoms with E-state index in [2.05, 4.69) is 15.4 Å². The highest BCUT2D eigenvalue weighted by Crippen LogP contribution is 2.29. The van der Waals surface area contributed by atoms with E-state index in [4.69, 9.17) is 11.6 Å². The van der Waals surface area contributed by atoms with Gasteiger partial charge < -0.3 is 0 Å². The van der Waals surface area contributed by atoms with Crippen LogP contribution in [0.5, 0.6) is 0 Å². The van der Waals surface area contributed by atoms with Gasteiger partial charge in [0.05, 0.1) is 10.6 Å². The predicted molar refractivity (Wildman–Crippen MR) is 78.3 cm³/mol. The van der Waals surface area contributed by atoms with Gasteiger partial charge in [-0.25, -0.2) is 0 Å². The van der Waals surface area contributed by atoms with E-state index < -0.39 is 4.92 Å². The summed E-state index contributed by atoms with van der Waals surface area (Å²) in [4.78, 5) is 12.9. The number of piperidine rings is 3. The third kappa shape index (κ3) is 2.62. The van der Waals surface area contributed by atoms with Crippen LogP contribution in [0.4, 0.5) is 11.4 Å². The third-order valence-electron chi connectivity index (χ3n) is 3.92. The number of nitro groups is 1. The number of nitro benzene ring substituents is 1. The molecule has 3 aliphatic heterocycles. The van der Waals surface area contributed by atoms with Crippen molar-refractivity contribution in [2.45, 2.75) is 12.8 Å². The number of rotatable bonds is 3. The van der Waals surface area contributed by atoms with Crippen LogP contribution in [0.2, 0.25) is 5.02 Å². The highest BCUT2D eigenvalue weighted by Gasteiger charge is 2.31. The molecule has 0 aliphatic carbocycles. The zero-order valence-corrected chi connectivity index (χ0v) is 11.6. The van der Waals surface area contributed by atoms with Crippen LogP contribution in [0.15, 0.2) is 23.3 Å². The van der Waals surface area contributed by atoms with E-state index in [1.807, 2.05) is 0 Å². The largest absolute Gasteiger partial charge is 0.298 e. The molecule has 3 fully saturated rings. The molecule has 3 saturated heterocycles. The summed E-state index contributed by atoms with van der Waals surface area (Å²) in [6, 6.07) is 4.43. The van der Waals surface area contributed by atoms with Gasteiger partial charge in [-0.2, -0.15) is 5.10 Å². The van der Waals surface area contributed by atoms with Gasteiger partial charge in [-0.05, 0) is 38.1 Å². The lowest BCUT2D eigenvalue weighted by Crippen LogP contribution is -2.48. The predicted octanol–water partition coefficient (Wildman–Crippen LogP) is 2.74. The molecule has 7 heteroatoms. The first-order valence-corrected chi connectivity index (χ1v) is 7.00. The van der Waals surface area contributed by atoms with Crippen molar-refractivity contribution in [3.63, 3.8) is 0 Å². The van der Waals surface area contributed by atoms with Crippen LogP contribution in [0.3, 0.4) is 0 Å². The fourth-order valence-corrected chi connectivity index (χ4v) is 2.97. The van der Waals surface area contributed by atoms with E-state index in [9.17, 15) is 10.1 Å². The average Bonchev–Trinajstić information content (AvgIpc) is 2.46. The first-order chi connectivity index (χ1) is 9.63. The molecule has 0 aromatic heterocycles. The average molecular weight is 295 g/mol. The molecule has 0 saturated carbocycles. The minimum atomic E-state index is -0.435. The molecule has 1 N–H and O–H groups in total. The number of nitrogens with zero attached hydrogens (tertiary/aromatic N) is 3. The summed E-state index contributed by atoms with van der Waals surface area (Å²) in [7, 11) is 0. The molecule has 0 unspecified atom stereocenters. The fraction of sp³-hybridized carbons (Fsp3) is 0.462. The Kier molecular flexibility index (Phi) is 3.58.